The number of carbonyl (C=O) groups is 2. The van der Waals surface area contributed by atoms with E-state index in [9.17, 15) is 9.59 Å². The van der Waals surface area contributed by atoms with Crippen LogP contribution in [0.15, 0.2) is 30.5 Å². The summed E-state index contributed by atoms with van der Waals surface area (Å²) in [5.74, 6) is -0.456. The molecule has 0 bridgehead atoms. The molecule has 2 rings (SSSR count). The van der Waals surface area contributed by atoms with Gasteiger partial charge in [0.2, 0.25) is 0 Å². The van der Waals surface area contributed by atoms with E-state index in [0.717, 1.165) is 11.1 Å². The van der Waals surface area contributed by atoms with Crippen molar-refractivity contribution >= 4 is 17.7 Å². The minimum absolute atomic E-state index is 0.145. The number of hydrogen-bond donors (Lipinski definition) is 2. The molecule has 0 spiro atoms. The quantitative estimate of drug-likeness (QED) is 0.845. The lowest BCUT2D eigenvalue weighted by Gasteiger charge is -2.08. The smallest absolute Gasteiger partial charge is 0.325 e. The van der Waals surface area contributed by atoms with Crippen molar-refractivity contribution in [2.75, 3.05) is 11.9 Å². The Morgan fingerprint density at radius 1 is 1.27 bits per heavy atom. The van der Waals surface area contributed by atoms with Gasteiger partial charge in [-0.3, -0.25) is 14.3 Å². The highest BCUT2D eigenvalue weighted by atomic mass is 16.5. The van der Waals surface area contributed by atoms with E-state index in [1.165, 1.54) is 16.9 Å². The zero-order valence-corrected chi connectivity index (χ0v) is 12.4. The van der Waals surface area contributed by atoms with Gasteiger partial charge in [0.1, 0.15) is 12.3 Å². The topological polar surface area (TPSA) is 93.5 Å². The van der Waals surface area contributed by atoms with E-state index < -0.39 is 5.97 Å². The molecule has 0 aliphatic carbocycles. The van der Waals surface area contributed by atoms with Crippen LogP contribution >= 0.6 is 0 Å². The Hall–Kier alpha value is -2.83. The molecule has 2 N–H and O–H groups in total. The van der Waals surface area contributed by atoms with Crippen LogP contribution in [0, 0.1) is 13.8 Å². The van der Waals surface area contributed by atoms with Crippen molar-refractivity contribution < 1.29 is 19.4 Å². The lowest BCUT2D eigenvalue weighted by atomic mass is 10.1. The van der Waals surface area contributed by atoms with Crippen LogP contribution in [0.1, 0.15) is 11.1 Å². The number of amides is 1. The van der Waals surface area contributed by atoms with E-state index in [4.69, 9.17) is 9.84 Å². The average Bonchev–Trinajstić information content (AvgIpc) is 2.86. The number of aromatic nitrogens is 2. The molecule has 0 aliphatic rings. The minimum atomic E-state index is -1.00. The summed E-state index contributed by atoms with van der Waals surface area (Å²) in [5.41, 5.74) is 2.24. The highest BCUT2D eigenvalue weighted by Gasteiger charge is 2.08. The molecule has 0 atom stereocenters. The minimum Gasteiger partial charge on any atom is -0.484 e. The maximum Gasteiger partial charge on any atom is 0.325 e. The van der Waals surface area contributed by atoms with Crippen LogP contribution in [0.2, 0.25) is 0 Å². The van der Waals surface area contributed by atoms with Crippen LogP contribution < -0.4 is 10.1 Å². The lowest BCUT2D eigenvalue weighted by Crippen LogP contribution is -2.20. The summed E-state index contributed by atoms with van der Waals surface area (Å²) in [6.45, 7) is 3.57. The Morgan fingerprint density at radius 3 is 2.73 bits per heavy atom. The van der Waals surface area contributed by atoms with Gasteiger partial charge in [0.25, 0.3) is 5.91 Å². The molecule has 0 fully saturated rings. The van der Waals surface area contributed by atoms with E-state index in [1.807, 2.05) is 26.0 Å². The van der Waals surface area contributed by atoms with Gasteiger partial charge in [-0.25, -0.2) is 0 Å². The SMILES string of the molecule is Cc1ccc(OCC(=O)Nc2ccn(CC(=O)O)n2)cc1C. The molecule has 1 aromatic heterocycles. The highest BCUT2D eigenvalue weighted by Crippen LogP contribution is 2.16. The molecule has 0 radical (unpaired) electrons. The number of hydrogen-bond acceptors (Lipinski definition) is 4. The predicted molar refractivity (Wildman–Crippen MR) is 79.9 cm³/mol. The summed E-state index contributed by atoms with van der Waals surface area (Å²) in [5, 5.41) is 15.1. The molecule has 0 unspecified atom stereocenters. The molecular weight excluding hydrogens is 286 g/mol. The van der Waals surface area contributed by atoms with Crippen LogP contribution in [0.3, 0.4) is 0 Å². The molecule has 7 nitrogen and oxygen atoms in total. The van der Waals surface area contributed by atoms with Crippen molar-refractivity contribution in [1.29, 1.82) is 0 Å². The van der Waals surface area contributed by atoms with Crippen molar-refractivity contribution in [3.05, 3.63) is 41.6 Å². The standard InChI is InChI=1S/C15H17N3O4/c1-10-3-4-12(7-11(10)2)22-9-14(19)16-13-5-6-18(17-13)8-15(20)21/h3-7H,8-9H2,1-2H3,(H,20,21)(H,16,17,19). The van der Waals surface area contributed by atoms with E-state index in [2.05, 4.69) is 10.4 Å². The van der Waals surface area contributed by atoms with Gasteiger partial charge in [0.15, 0.2) is 12.4 Å². The van der Waals surface area contributed by atoms with Crippen molar-refractivity contribution in [2.45, 2.75) is 20.4 Å². The van der Waals surface area contributed by atoms with Gasteiger partial charge in [0.05, 0.1) is 0 Å². The van der Waals surface area contributed by atoms with E-state index in [1.54, 1.807) is 6.07 Å². The number of nitrogens with one attached hydrogen (secondary N) is 1. The maximum absolute atomic E-state index is 11.8. The van der Waals surface area contributed by atoms with Crippen molar-refractivity contribution in [3.8, 4) is 5.75 Å². The van der Waals surface area contributed by atoms with Gasteiger partial charge in [-0.1, -0.05) is 6.07 Å². The van der Waals surface area contributed by atoms with Crippen molar-refractivity contribution in [3.63, 3.8) is 0 Å². The van der Waals surface area contributed by atoms with E-state index >= 15 is 0 Å². The van der Waals surface area contributed by atoms with Crippen LogP contribution in [0.25, 0.3) is 0 Å². The summed E-state index contributed by atoms with van der Waals surface area (Å²) in [6.07, 6.45) is 1.48. The fourth-order valence-corrected chi connectivity index (χ4v) is 1.79. The Morgan fingerprint density at radius 2 is 2.05 bits per heavy atom. The number of carboxylic acid groups (broad SMARTS) is 1. The molecule has 7 heteroatoms. The first-order chi connectivity index (χ1) is 10.4. The zero-order chi connectivity index (χ0) is 16.1. The molecule has 2 aromatic rings. The summed E-state index contributed by atoms with van der Waals surface area (Å²) < 4.78 is 6.63. The summed E-state index contributed by atoms with van der Waals surface area (Å²) in [4.78, 5) is 22.3. The third-order valence-corrected chi connectivity index (χ3v) is 3.05. The summed E-state index contributed by atoms with van der Waals surface area (Å²) >= 11 is 0. The second-order valence-electron chi connectivity index (χ2n) is 4.88. The number of carbonyl (C=O) groups excluding carboxylic acids is 1. The van der Waals surface area contributed by atoms with Gasteiger partial charge in [0, 0.05) is 12.3 Å². The molecule has 116 valence electrons. The van der Waals surface area contributed by atoms with Gasteiger partial charge in [-0.15, -0.1) is 0 Å². The summed E-state index contributed by atoms with van der Waals surface area (Å²) in [7, 11) is 0. The fourth-order valence-electron chi connectivity index (χ4n) is 1.79. The predicted octanol–water partition coefficient (Wildman–Crippen LogP) is 1.60. The number of ether oxygens (including phenoxy) is 1. The Bertz CT molecular complexity index is 694. The molecule has 1 amide bonds. The average molecular weight is 303 g/mol. The highest BCUT2D eigenvalue weighted by molar-refractivity contribution is 5.90. The number of aryl methyl sites for hydroxylation is 2. The third kappa shape index (κ3) is 4.34. The number of nitrogens with zero attached hydrogens (tertiary/aromatic N) is 2. The number of aliphatic carboxylic acids is 1. The molecule has 22 heavy (non-hydrogen) atoms. The molecule has 1 heterocycles. The molecular formula is C15H17N3O4. The van der Waals surface area contributed by atoms with Gasteiger partial charge in [-0.2, -0.15) is 5.10 Å². The van der Waals surface area contributed by atoms with Crippen molar-refractivity contribution in [1.82, 2.24) is 9.78 Å². The summed E-state index contributed by atoms with van der Waals surface area (Å²) in [6, 6.07) is 7.12. The first-order valence-electron chi connectivity index (χ1n) is 6.69. The van der Waals surface area contributed by atoms with E-state index in [-0.39, 0.29) is 24.9 Å². The van der Waals surface area contributed by atoms with Gasteiger partial charge < -0.3 is 15.2 Å². The first kappa shape index (κ1) is 15.6. The van der Waals surface area contributed by atoms with Crippen molar-refractivity contribution in [2.24, 2.45) is 0 Å². The largest absolute Gasteiger partial charge is 0.484 e. The molecule has 0 saturated carbocycles. The van der Waals surface area contributed by atoms with E-state index in [0.29, 0.717) is 5.75 Å². The second-order valence-corrected chi connectivity index (χ2v) is 4.88. The monoisotopic (exact) mass is 303 g/mol. The normalized spacial score (nSPS) is 10.3. The Balaban J connectivity index is 1.86. The van der Waals surface area contributed by atoms with Crippen LogP contribution in [0.4, 0.5) is 5.82 Å². The second kappa shape index (κ2) is 6.75. The van der Waals surface area contributed by atoms with Crippen LogP contribution in [-0.4, -0.2) is 33.4 Å². The molecule has 1 aromatic carbocycles. The van der Waals surface area contributed by atoms with Crippen LogP contribution in [0.5, 0.6) is 5.75 Å². The Kier molecular flexibility index (Phi) is 4.77. The molecule has 0 saturated heterocycles. The number of rotatable bonds is 6. The van der Waals surface area contributed by atoms with Gasteiger partial charge >= 0.3 is 5.97 Å². The number of anilines is 1. The Labute approximate surface area is 127 Å². The van der Waals surface area contributed by atoms with Crippen LogP contribution in [-0.2, 0) is 16.1 Å². The number of carboxylic acids is 1. The zero-order valence-electron chi connectivity index (χ0n) is 12.4. The number of benzene rings is 1. The third-order valence-electron chi connectivity index (χ3n) is 3.05. The maximum atomic E-state index is 11.8. The fraction of sp³-hybridized carbons (Fsp3) is 0.267. The molecule has 0 aliphatic heterocycles. The lowest BCUT2D eigenvalue weighted by molar-refractivity contribution is -0.137. The first-order valence-corrected chi connectivity index (χ1v) is 6.69. The van der Waals surface area contributed by atoms with Gasteiger partial charge in [-0.05, 0) is 37.1 Å².